The van der Waals surface area contributed by atoms with E-state index in [2.05, 4.69) is 0 Å². The van der Waals surface area contributed by atoms with Gasteiger partial charge in [-0.1, -0.05) is 30.3 Å². The number of hydrogen-bond donors (Lipinski definition) is 16. The summed E-state index contributed by atoms with van der Waals surface area (Å²) < 4.78 is 82.1. The van der Waals surface area contributed by atoms with Gasteiger partial charge in [0, 0.05) is 12.2 Å². The molecular formula is C57H72O33. The number of phenols is 2. The van der Waals surface area contributed by atoms with E-state index in [4.69, 9.17) is 66.3 Å². The van der Waals surface area contributed by atoms with Crippen molar-refractivity contribution in [1.29, 1.82) is 0 Å². The van der Waals surface area contributed by atoms with Crippen LogP contribution < -0.4 is 9.47 Å². The minimum absolute atomic E-state index is 0.0191. The zero-order chi connectivity index (χ0) is 65.3. The summed E-state index contributed by atoms with van der Waals surface area (Å²) in [7, 11) is 2.56. The molecule has 5 fully saturated rings. The summed E-state index contributed by atoms with van der Waals surface area (Å²) in [4.78, 5) is 41.9. The molecule has 5 aliphatic heterocycles. The van der Waals surface area contributed by atoms with E-state index in [0.29, 0.717) is 0 Å². The van der Waals surface area contributed by atoms with Gasteiger partial charge in [-0.15, -0.1) is 0 Å². The Bertz CT molecular complexity index is 2890. The Hall–Kier alpha value is -6.17. The number of esters is 3. The van der Waals surface area contributed by atoms with Gasteiger partial charge in [-0.25, -0.2) is 14.4 Å². The Morgan fingerprint density at radius 2 is 0.978 bits per heavy atom. The van der Waals surface area contributed by atoms with Crippen molar-refractivity contribution in [2.24, 2.45) is 0 Å². The third-order valence-corrected chi connectivity index (χ3v) is 15.3. The third-order valence-electron chi connectivity index (χ3n) is 15.3. The van der Waals surface area contributed by atoms with Crippen molar-refractivity contribution < 1.29 is 162 Å². The van der Waals surface area contributed by atoms with Gasteiger partial charge >= 0.3 is 17.9 Å². The lowest BCUT2D eigenvalue weighted by Crippen LogP contribution is -2.69. The van der Waals surface area contributed by atoms with Crippen LogP contribution in [0.25, 0.3) is 12.2 Å². The van der Waals surface area contributed by atoms with Crippen LogP contribution in [0.15, 0.2) is 78.9 Å². The number of aliphatic hydroxyl groups excluding tert-OH is 14. The highest BCUT2D eigenvalue weighted by molar-refractivity contribution is 5.90. The van der Waals surface area contributed by atoms with Crippen LogP contribution in [0, 0.1) is 0 Å². The molecule has 0 unspecified atom stereocenters. The van der Waals surface area contributed by atoms with E-state index in [1.54, 1.807) is 6.07 Å². The maximum atomic E-state index is 14.1. The van der Waals surface area contributed by atoms with E-state index in [0.717, 1.165) is 12.2 Å². The summed E-state index contributed by atoms with van der Waals surface area (Å²) in [5.41, 5.74) is 0.327. The molecule has 16 N–H and O–H groups in total. The van der Waals surface area contributed by atoms with E-state index in [9.17, 15) is 96.1 Å². The molecule has 90 heavy (non-hydrogen) atoms. The van der Waals surface area contributed by atoms with Crippen molar-refractivity contribution in [3.05, 3.63) is 95.6 Å². The molecule has 0 aromatic heterocycles. The number of carbonyl (C=O) groups excluding carboxylic acids is 3. The third kappa shape index (κ3) is 15.5. The summed E-state index contributed by atoms with van der Waals surface area (Å²) >= 11 is 0. The largest absolute Gasteiger partial charge is 0.504 e. The maximum absolute atomic E-state index is 14.1. The maximum Gasteiger partial charge on any atom is 0.338 e. The first kappa shape index (κ1) is 69.7. The van der Waals surface area contributed by atoms with E-state index < -0.39 is 204 Å². The number of aromatic hydroxyl groups is 2. The number of phenolic OH excluding ortho intramolecular Hbond substituents is 2. The predicted octanol–water partition coefficient (Wildman–Crippen LogP) is -6.10. The normalized spacial score (nSPS) is 37.2. The second-order valence-corrected chi connectivity index (χ2v) is 21.1. The lowest BCUT2D eigenvalue weighted by molar-refractivity contribution is -0.423. The number of hydrogen-bond acceptors (Lipinski definition) is 33. The lowest BCUT2D eigenvalue weighted by atomic mass is 9.95. The van der Waals surface area contributed by atoms with E-state index in [1.807, 2.05) is 0 Å². The molecular weight excluding hydrogens is 1210 g/mol. The van der Waals surface area contributed by atoms with Crippen LogP contribution in [0.2, 0.25) is 0 Å². The van der Waals surface area contributed by atoms with Gasteiger partial charge in [0.2, 0.25) is 5.79 Å². The van der Waals surface area contributed by atoms with Gasteiger partial charge in [0.15, 0.2) is 60.4 Å². The molecule has 0 radical (unpaired) electrons. The first-order chi connectivity index (χ1) is 43.0. The highest BCUT2D eigenvalue weighted by atomic mass is 16.8. The molecule has 498 valence electrons. The number of methoxy groups -OCH3 is 2. The molecule has 5 saturated heterocycles. The van der Waals surface area contributed by atoms with Crippen LogP contribution in [0.5, 0.6) is 23.0 Å². The Morgan fingerprint density at radius 1 is 0.478 bits per heavy atom. The number of benzene rings is 3. The van der Waals surface area contributed by atoms with Crippen molar-refractivity contribution in [1.82, 2.24) is 0 Å². The second-order valence-electron chi connectivity index (χ2n) is 21.1. The minimum Gasteiger partial charge on any atom is -0.504 e. The summed E-state index contributed by atoms with van der Waals surface area (Å²) in [5, 5.41) is 174. The predicted molar refractivity (Wildman–Crippen MR) is 291 cm³/mol. The number of rotatable bonds is 24. The van der Waals surface area contributed by atoms with E-state index >= 15 is 0 Å². The van der Waals surface area contributed by atoms with Crippen LogP contribution >= 0.6 is 0 Å². The number of ether oxygens (including phenoxy) is 14. The number of aliphatic hydroxyl groups is 14. The molecule has 0 saturated carbocycles. The van der Waals surface area contributed by atoms with E-state index in [1.165, 1.54) is 87.0 Å². The molecule has 3 aromatic rings. The zero-order valence-electron chi connectivity index (χ0n) is 47.8. The van der Waals surface area contributed by atoms with Gasteiger partial charge in [-0.2, -0.15) is 0 Å². The van der Waals surface area contributed by atoms with Gasteiger partial charge in [-0.05, 0) is 59.7 Å². The molecule has 0 spiro atoms. The monoisotopic (exact) mass is 1280 g/mol. The Morgan fingerprint density at radius 3 is 1.54 bits per heavy atom. The zero-order valence-corrected chi connectivity index (χ0v) is 47.8. The fourth-order valence-electron chi connectivity index (χ4n) is 10.4. The molecule has 24 atom stereocenters. The van der Waals surface area contributed by atoms with Crippen molar-refractivity contribution in [3.63, 3.8) is 0 Å². The Labute approximate surface area is 510 Å². The quantitative estimate of drug-likeness (QED) is 0.0225. The van der Waals surface area contributed by atoms with Gasteiger partial charge in [0.25, 0.3) is 0 Å². The average molecular weight is 1290 g/mol. The van der Waals surface area contributed by atoms with Gasteiger partial charge in [0.1, 0.15) is 110 Å². The molecule has 5 heterocycles. The van der Waals surface area contributed by atoms with Crippen molar-refractivity contribution in [3.8, 4) is 23.0 Å². The van der Waals surface area contributed by atoms with Gasteiger partial charge in [0.05, 0.1) is 52.8 Å². The topological polar surface area (TPSA) is 504 Å². The highest BCUT2D eigenvalue weighted by Crippen LogP contribution is 2.43. The minimum atomic E-state index is -2.98. The van der Waals surface area contributed by atoms with E-state index in [-0.39, 0.29) is 39.7 Å². The van der Waals surface area contributed by atoms with Gasteiger partial charge in [-0.3, -0.25) is 0 Å². The fraction of sp³-hybridized carbons (Fsp3) is 0.561. The molecule has 5 aliphatic rings. The van der Waals surface area contributed by atoms with Gasteiger partial charge < -0.3 is 148 Å². The van der Waals surface area contributed by atoms with Crippen LogP contribution in [-0.4, -0.2) is 300 Å². The molecule has 33 heteroatoms. The fourth-order valence-corrected chi connectivity index (χ4v) is 10.4. The lowest BCUT2D eigenvalue weighted by Gasteiger charge is -2.51. The molecule has 33 nitrogen and oxygen atoms in total. The highest BCUT2D eigenvalue weighted by Gasteiger charge is 2.64. The molecule has 8 rings (SSSR count). The second kappa shape index (κ2) is 31.0. The van der Waals surface area contributed by atoms with Crippen LogP contribution in [0.3, 0.4) is 0 Å². The first-order valence-electron chi connectivity index (χ1n) is 27.9. The Balaban J connectivity index is 1.24. The summed E-state index contributed by atoms with van der Waals surface area (Å²) in [6.07, 6.45) is -44.6. The smallest absolute Gasteiger partial charge is 0.338 e. The average Bonchev–Trinajstić information content (AvgIpc) is 1.42. The van der Waals surface area contributed by atoms with Crippen LogP contribution in [0.1, 0.15) is 21.5 Å². The van der Waals surface area contributed by atoms with Crippen molar-refractivity contribution in [2.75, 3.05) is 53.9 Å². The van der Waals surface area contributed by atoms with Crippen molar-refractivity contribution in [2.45, 2.75) is 147 Å². The molecule has 0 amide bonds. The summed E-state index contributed by atoms with van der Waals surface area (Å²) in [5.74, 6) is -7.20. The molecule has 0 bridgehead atoms. The molecule has 3 aromatic carbocycles. The van der Waals surface area contributed by atoms with Crippen LogP contribution in [-0.2, 0) is 66.4 Å². The first-order valence-corrected chi connectivity index (χ1v) is 27.9. The molecule has 0 aliphatic carbocycles. The summed E-state index contributed by atoms with van der Waals surface area (Å²) in [6.45, 7) is -6.72. The summed E-state index contributed by atoms with van der Waals surface area (Å²) in [6, 6.07) is 15.1. The number of carbonyl (C=O) groups is 3. The SMILES string of the molecule is COc1ccc(C=CC(=O)OC[C@@]2(O[C@H]3O[C@H](CO)[C@@H](OC(=O)C=Cc4ccc(O)c(OC)c4)[C@H](O[C@@H]4O[C@H](CO)[C@@H](O[C@@H]5O[C@H](CO)[C@@H](O)[C@H](O)[C@H]5O)[C@H](O)[C@H]4O)[C@H]3O[C@@H]3O[C@H](CO)[C@@H](O)[C@H](O)[C@H]3O)O[C@H](CO)[C@@H](O)[C@@H]2OC(=O)c2ccccc2)cc1O. The van der Waals surface area contributed by atoms with Crippen molar-refractivity contribution >= 4 is 30.1 Å². The standard InChI is InChI=1S/C57H72O33/c1-77-29-13-9-24(16-28(29)64)10-14-36(65)79-23-57(51(40(69)33(20-60)89-57)88-52(76)26-6-4-3-5-7-26)90-56-50(87-54-45(74)42(71)39(68)32(19-59)81-54)49(48(35(22-62)83-56)84-37(66)15-11-25-8-12-27(63)30(17-25)78-2)86-55-46(75)43(72)47(34(21-61)82-55)85-53-44(73)41(70)38(67)31(18-58)80-53/h3-17,31-35,38-51,53-56,58-64,67-75H,18-23H2,1-2H3/t31-,32-,33-,34-,35-,38-,39-,40-,41+,42+,43-,44-,45-,46-,47-,48-,49+,50-,51+,53+,54+,55+,56-,57+/m1/s1. The Kier molecular flexibility index (Phi) is 24.0. The van der Waals surface area contributed by atoms with Crippen LogP contribution in [0.4, 0.5) is 0 Å².